The van der Waals surface area contributed by atoms with Gasteiger partial charge in [-0.1, -0.05) is 108 Å². The van der Waals surface area contributed by atoms with Gasteiger partial charge in [0.1, 0.15) is 66.9 Å². The number of hydrogen-bond donors (Lipinski definition) is 14. The Kier molecular flexibility index (Phi) is 28.5. The largest absolute Gasteiger partial charge is 0.508 e. The van der Waals surface area contributed by atoms with Gasteiger partial charge < -0.3 is 92.0 Å². The van der Waals surface area contributed by atoms with E-state index in [9.17, 15) is 84.5 Å². The highest BCUT2D eigenvalue weighted by molar-refractivity contribution is 5.98. The average molecular weight is 1220 g/mol. The number of nitriles is 1. The molecule has 3 aliphatic heterocycles. The topological polar surface area (TPSA) is 419 Å². The number of aromatic hydroxyl groups is 1. The Hall–Kier alpha value is -7.03. The summed E-state index contributed by atoms with van der Waals surface area (Å²) in [5.74, 6) is -7.24. The maximum atomic E-state index is 14.7. The fourth-order valence-corrected chi connectivity index (χ4v) is 10.9. The van der Waals surface area contributed by atoms with E-state index >= 15 is 0 Å². The van der Waals surface area contributed by atoms with Crippen LogP contribution in [0.2, 0.25) is 0 Å². The maximum Gasteiger partial charge on any atom is 0.407 e. The van der Waals surface area contributed by atoms with E-state index in [0.717, 1.165) is 67.4 Å². The third kappa shape index (κ3) is 21.4. The molecule has 27 nitrogen and oxygen atoms in total. The van der Waals surface area contributed by atoms with Crippen molar-refractivity contribution in [1.29, 1.82) is 5.26 Å². The molecule has 0 radical (unpaired) electrons. The first-order chi connectivity index (χ1) is 41.4. The van der Waals surface area contributed by atoms with Crippen molar-refractivity contribution in [2.75, 3.05) is 26.2 Å². The van der Waals surface area contributed by atoms with Crippen LogP contribution in [0.1, 0.15) is 135 Å². The minimum atomic E-state index is -2.36. The summed E-state index contributed by atoms with van der Waals surface area (Å²) < 4.78 is 11.2. The van der Waals surface area contributed by atoms with E-state index < -0.39 is 172 Å². The fraction of sp³-hybridized carbons (Fsp3) is 0.650. The highest BCUT2D eigenvalue weighted by Crippen LogP contribution is 2.27. The second-order valence-corrected chi connectivity index (χ2v) is 23.1. The molecule has 0 unspecified atom stereocenters. The van der Waals surface area contributed by atoms with Crippen molar-refractivity contribution < 1.29 is 88.7 Å². The zero-order chi connectivity index (χ0) is 63.9. The van der Waals surface area contributed by atoms with Gasteiger partial charge in [0.15, 0.2) is 6.23 Å². The Morgan fingerprint density at radius 1 is 0.747 bits per heavy atom. The molecule has 87 heavy (non-hydrogen) atoms. The van der Waals surface area contributed by atoms with Gasteiger partial charge in [0.05, 0.1) is 43.5 Å². The lowest BCUT2D eigenvalue weighted by Crippen LogP contribution is -2.64. The zero-order valence-corrected chi connectivity index (χ0v) is 49.9. The molecule has 14 N–H and O–H groups in total. The second-order valence-electron chi connectivity index (χ2n) is 23.1. The number of alkyl carbamates (subject to hydrolysis) is 1. The molecular weight excluding hydrogens is 1130 g/mol. The number of nitrogens with zero attached hydrogens (tertiary/aromatic N) is 3. The molecule has 0 saturated carbocycles. The van der Waals surface area contributed by atoms with E-state index in [-0.39, 0.29) is 37.3 Å². The maximum absolute atomic E-state index is 14.7. The smallest absolute Gasteiger partial charge is 0.407 e. The standard InChI is InChI=1S/C60H89N9O18/c1-5-34(2)29-35(3)15-11-8-6-7-9-14-18-46(76)63-41-31-45(75)57(86-28-26-62-60(85)87-33-37-16-12-10-13-17-37)67-56(82)50-44(74)24-27-68(50)59(84)48(43(73)23-25-61)65-55(81)49(52(78)51(77)38-19-21-39(71)22-20-38)66-54(80)42-30-40(72)32-69(42)58(83)47(36(4)70)64-53(41)79/h10,12-13,16-17,19-22,34-36,40-45,47-52,57,70-75,77-78H,5-9,11,14-15,18,23-24,26-33H2,1-4H3,(H,62,85)(H,63,76)(H,64,79)(H,65,81)(H,66,80)(H,67,82)/t34-,35+,36+,40+,41-,42-,43+,44-,45+,47-,48-,49-,50-,51-,52-,57+/m0/s1. The van der Waals surface area contributed by atoms with E-state index in [1.165, 1.54) is 18.6 Å². The van der Waals surface area contributed by atoms with Gasteiger partial charge in [0.2, 0.25) is 41.4 Å². The third-order valence-electron chi connectivity index (χ3n) is 16.1. The minimum Gasteiger partial charge on any atom is -0.508 e. The fourth-order valence-electron chi connectivity index (χ4n) is 10.9. The van der Waals surface area contributed by atoms with Gasteiger partial charge in [0, 0.05) is 38.9 Å². The summed E-state index contributed by atoms with van der Waals surface area (Å²) >= 11 is 0. The molecule has 5 rings (SSSR count). The van der Waals surface area contributed by atoms with Gasteiger partial charge in [-0.2, -0.15) is 5.26 Å². The molecule has 3 fully saturated rings. The number of carbonyl (C=O) groups excluding carboxylic acids is 8. The number of hydrogen-bond acceptors (Lipinski definition) is 19. The summed E-state index contributed by atoms with van der Waals surface area (Å²) in [6, 6.07) is 3.10. The molecule has 482 valence electrons. The van der Waals surface area contributed by atoms with Crippen LogP contribution in [0.5, 0.6) is 5.75 Å². The van der Waals surface area contributed by atoms with E-state index in [2.05, 4.69) is 52.7 Å². The molecule has 3 heterocycles. The van der Waals surface area contributed by atoms with Crippen molar-refractivity contribution in [3.8, 4) is 11.8 Å². The SMILES string of the molecule is CC[C@H](C)C[C@H](C)CCCCCCCCC(=O)N[C@H]1C[C@@H](O)[C@@H](OCCNC(=O)OCc2ccccc2)NC(=O)[C@@H]2[C@@H](O)CCN2C(=O)[C@H]([C@H](O)CC#N)NC(=O)[C@H]([C@H](O)[C@@H](O)c2ccc(O)cc2)NC(=O)[C@@H]2C[C@@H](O)CN2C(=O)[C@H]([C@@H](C)O)NC1=O. The number of benzene rings is 2. The van der Waals surface area contributed by atoms with Gasteiger partial charge >= 0.3 is 6.09 Å². The van der Waals surface area contributed by atoms with Crippen molar-refractivity contribution in [3.05, 3.63) is 65.7 Å². The lowest BCUT2D eigenvalue weighted by Gasteiger charge is -2.34. The number of fused-ring (bicyclic) bond motifs is 2. The number of aliphatic hydroxyl groups excluding tert-OH is 7. The van der Waals surface area contributed by atoms with Crippen LogP contribution in [0.25, 0.3) is 0 Å². The first-order valence-corrected chi connectivity index (χ1v) is 30.0. The molecule has 0 spiro atoms. The predicted octanol–water partition coefficient (Wildman–Crippen LogP) is -0.352. The number of unbranched alkanes of at least 4 members (excludes halogenated alkanes) is 5. The third-order valence-corrected chi connectivity index (χ3v) is 16.1. The average Bonchev–Trinajstić information content (AvgIpc) is 1.98. The summed E-state index contributed by atoms with van der Waals surface area (Å²) in [5, 5.41) is 114. The highest BCUT2D eigenvalue weighted by atomic mass is 16.6. The normalized spacial score (nSPS) is 26.4. The molecule has 16 atom stereocenters. The summed E-state index contributed by atoms with van der Waals surface area (Å²) in [4.78, 5) is 116. The molecule has 27 heteroatoms. The molecule has 0 aliphatic carbocycles. The summed E-state index contributed by atoms with van der Waals surface area (Å²) in [6.45, 7) is 5.88. The summed E-state index contributed by atoms with van der Waals surface area (Å²) in [5.41, 5.74) is 0.570. The summed E-state index contributed by atoms with van der Waals surface area (Å²) in [6.07, 6.45) is -10.4. The Morgan fingerprint density at radius 2 is 1.39 bits per heavy atom. The monoisotopic (exact) mass is 1220 g/mol. The van der Waals surface area contributed by atoms with Crippen molar-refractivity contribution in [2.45, 2.75) is 209 Å². The number of ether oxygens (including phenoxy) is 2. The Morgan fingerprint density at radius 3 is 2.06 bits per heavy atom. The van der Waals surface area contributed by atoms with Crippen molar-refractivity contribution in [1.82, 2.24) is 41.7 Å². The van der Waals surface area contributed by atoms with Crippen LogP contribution in [-0.2, 0) is 49.6 Å². The van der Waals surface area contributed by atoms with Crippen molar-refractivity contribution in [3.63, 3.8) is 0 Å². The zero-order valence-electron chi connectivity index (χ0n) is 49.9. The Labute approximate surface area is 506 Å². The van der Waals surface area contributed by atoms with E-state index in [0.29, 0.717) is 30.2 Å². The van der Waals surface area contributed by atoms with Crippen LogP contribution < -0.4 is 31.9 Å². The lowest BCUT2D eigenvalue weighted by atomic mass is 9.91. The molecular formula is C60H89N9O18. The molecule has 3 saturated heterocycles. The van der Waals surface area contributed by atoms with Crippen LogP contribution in [0, 0.1) is 23.2 Å². The lowest BCUT2D eigenvalue weighted by molar-refractivity contribution is -0.149. The number of amides is 8. The van der Waals surface area contributed by atoms with Crippen molar-refractivity contribution in [2.24, 2.45) is 11.8 Å². The molecule has 3 aliphatic rings. The van der Waals surface area contributed by atoms with Crippen LogP contribution in [0.15, 0.2) is 54.6 Å². The molecule has 2 aromatic carbocycles. The van der Waals surface area contributed by atoms with Crippen LogP contribution in [0.3, 0.4) is 0 Å². The van der Waals surface area contributed by atoms with Gasteiger partial charge in [-0.05, 0) is 61.3 Å². The van der Waals surface area contributed by atoms with Crippen LogP contribution in [0.4, 0.5) is 4.79 Å². The van der Waals surface area contributed by atoms with E-state index in [4.69, 9.17) is 9.47 Å². The first kappa shape index (κ1) is 70.7. The predicted molar refractivity (Wildman–Crippen MR) is 310 cm³/mol. The van der Waals surface area contributed by atoms with Gasteiger partial charge in [-0.3, -0.25) is 33.6 Å². The molecule has 0 aromatic heterocycles. The van der Waals surface area contributed by atoms with Gasteiger partial charge in [-0.25, -0.2) is 4.79 Å². The number of nitrogens with one attached hydrogen (secondary N) is 6. The van der Waals surface area contributed by atoms with E-state index in [1.807, 2.05) is 0 Å². The highest BCUT2D eigenvalue weighted by Gasteiger charge is 2.49. The first-order valence-electron chi connectivity index (χ1n) is 30.0. The van der Waals surface area contributed by atoms with Crippen LogP contribution in [-0.4, -0.2) is 203 Å². The van der Waals surface area contributed by atoms with E-state index in [1.54, 1.807) is 36.4 Å². The quantitative estimate of drug-likeness (QED) is 0.0565. The number of carbonyl (C=O) groups is 8. The molecule has 0 bridgehead atoms. The number of rotatable bonds is 25. The minimum absolute atomic E-state index is 0.0950. The number of phenols is 1. The Bertz CT molecular complexity index is 2610. The molecule has 2 aromatic rings. The number of phenolic OH excluding ortho intramolecular Hbond substituents is 1. The molecule has 8 amide bonds. The Balaban J connectivity index is 1.51. The van der Waals surface area contributed by atoms with Gasteiger partial charge in [0.25, 0.3) is 0 Å². The van der Waals surface area contributed by atoms with Crippen molar-refractivity contribution >= 4 is 47.4 Å². The van der Waals surface area contributed by atoms with Crippen LogP contribution >= 0.6 is 0 Å². The summed E-state index contributed by atoms with van der Waals surface area (Å²) in [7, 11) is 0. The second kappa shape index (κ2) is 35.1. The number of aliphatic hydroxyl groups is 7. The van der Waals surface area contributed by atoms with Gasteiger partial charge in [-0.15, -0.1) is 0 Å².